The van der Waals surface area contributed by atoms with Crippen LogP contribution in [-0.4, -0.2) is 21.8 Å². The minimum atomic E-state index is -2.70. The van der Waals surface area contributed by atoms with E-state index in [1.165, 1.54) is 18.3 Å². The molecule has 2 aliphatic rings. The van der Waals surface area contributed by atoms with Crippen molar-refractivity contribution in [3.05, 3.63) is 75.3 Å². The Morgan fingerprint density at radius 3 is 2.55 bits per heavy atom. The van der Waals surface area contributed by atoms with E-state index >= 15 is 0 Å². The van der Waals surface area contributed by atoms with Crippen LogP contribution in [0, 0.1) is 11.6 Å². The molecule has 0 bridgehead atoms. The maximum atomic E-state index is 13.6. The van der Waals surface area contributed by atoms with E-state index in [-0.39, 0.29) is 29.8 Å². The minimum Gasteiger partial charge on any atom is -0.364 e. The van der Waals surface area contributed by atoms with Crippen LogP contribution in [0.5, 0.6) is 0 Å². The number of primary amides is 1. The molecule has 2 aliphatic carbocycles. The van der Waals surface area contributed by atoms with Gasteiger partial charge in [0, 0.05) is 36.7 Å². The molecule has 3 N–H and O–H groups in total. The predicted molar refractivity (Wildman–Crippen MR) is 115 cm³/mol. The number of benzene rings is 1. The molecule has 5 rings (SSSR count). The summed E-state index contributed by atoms with van der Waals surface area (Å²) >= 11 is 0. The van der Waals surface area contributed by atoms with Gasteiger partial charge in [0.2, 0.25) is 5.92 Å². The first-order chi connectivity index (χ1) is 15.7. The lowest BCUT2D eigenvalue weighted by Gasteiger charge is -2.29. The first-order valence-electron chi connectivity index (χ1n) is 10.8. The number of nitrogens with one attached hydrogen (secondary N) is 1. The van der Waals surface area contributed by atoms with Crippen LogP contribution in [0.4, 0.5) is 17.6 Å². The number of aromatic nitrogens is 2. The van der Waals surface area contributed by atoms with Crippen molar-refractivity contribution in [2.24, 2.45) is 5.73 Å². The Balaban J connectivity index is 0.000000196. The largest absolute Gasteiger partial charge is 0.364 e. The Kier molecular flexibility index (Phi) is 6.23. The number of nitrogens with zero attached hydrogens (tertiary/aromatic N) is 1. The maximum Gasteiger partial charge on any atom is 0.268 e. The summed E-state index contributed by atoms with van der Waals surface area (Å²) in [5.74, 6) is -5.00. The van der Waals surface area contributed by atoms with Crippen LogP contribution >= 0.6 is 0 Å². The number of carbonyl (C=O) groups is 1. The average molecular weight is 461 g/mol. The number of aromatic amines is 1. The fourth-order valence-electron chi connectivity index (χ4n) is 4.29. The Morgan fingerprint density at radius 1 is 1.12 bits per heavy atom. The Hall–Kier alpha value is -3.23. The van der Waals surface area contributed by atoms with E-state index in [1.807, 2.05) is 0 Å². The summed E-state index contributed by atoms with van der Waals surface area (Å²) in [7, 11) is 0. The zero-order valence-corrected chi connectivity index (χ0v) is 17.7. The Labute approximate surface area is 187 Å². The second-order valence-electron chi connectivity index (χ2n) is 8.60. The number of nitrogens with two attached hydrogens (primary N) is 1. The number of H-pyrrole nitrogens is 1. The van der Waals surface area contributed by atoms with E-state index in [4.69, 9.17) is 5.73 Å². The van der Waals surface area contributed by atoms with Crippen molar-refractivity contribution in [1.29, 1.82) is 0 Å². The van der Waals surface area contributed by atoms with Crippen LogP contribution in [0.15, 0.2) is 41.3 Å². The molecule has 3 aromatic rings. The highest BCUT2D eigenvalue weighted by Crippen LogP contribution is 2.42. The zero-order valence-electron chi connectivity index (χ0n) is 17.7. The SMILES string of the molecule is Fc1cccc(C2CC2)c1F.NC(=O)c1nccc2[nH]c([C@H]3CCCC(F)(F)C3)cc(=O)c12. The number of fused-ring (bicyclic) bond motifs is 1. The molecule has 2 fully saturated rings. The van der Waals surface area contributed by atoms with Crippen molar-refractivity contribution >= 4 is 16.8 Å². The predicted octanol–water partition coefficient (Wildman–Crippen LogP) is 5.16. The molecular formula is C24H23F4N3O2. The van der Waals surface area contributed by atoms with E-state index in [2.05, 4.69) is 9.97 Å². The summed E-state index contributed by atoms with van der Waals surface area (Å²) in [6, 6.07) is 7.19. The summed E-state index contributed by atoms with van der Waals surface area (Å²) in [6.07, 6.45) is 3.99. The van der Waals surface area contributed by atoms with Crippen LogP contribution in [0.25, 0.3) is 10.9 Å². The van der Waals surface area contributed by atoms with Crippen molar-refractivity contribution in [1.82, 2.24) is 9.97 Å². The number of rotatable bonds is 3. The zero-order chi connectivity index (χ0) is 23.8. The highest BCUT2D eigenvalue weighted by atomic mass is 19.3. The highest BCUT2D eigenvalue weighted by molar-refractivity contribution is 6.03. The molecule has 1 atom stereocenters. The number of carbonyl (C=O) groups excluding carboxylic acids is 1. The summed E-state index contributed by atoms with van der Waals surface area (Å²) in [6.45, 7) is 0. The number of amides is 1. The molecule has 174 valence electrons. The molecule has 0 unspecified atom stereocenters. The molecular weight excluding hydrogens is 438 g/mol. The van der Waals surface area contributed by atoms with Gasteiger partial charge in [-0.25, -0.2) is 17.6 Å². The molecule has 2 aromatic heterocycles. The molecule has 33 heavy (non-hydrogen) atoms. The molecule has 2 heterocycles. The number of pyridine rings is 2. The lowest BCUT2D eigenvalue weighted by Crippen LogP contribution is -2.26. The quantitative estimate of drug-likeness (QED) is 0.528. The highest BCUT2D eigenvalue weighted by Gasteiger charge is 2.37. The molecule has 1 aromatic carbocycles. The number of hydrogen-bond donors (Lipinski definition) is 2. The van der Waals surface area contributed by atoms with Crippen LogP contribution in [0.1, 0.15) is 72.1 Å². The number of halogens is 4. The minimum absolute atomic E-state index is 0.0984. The van der Waals surface area contributed by atoms with E-state index in [0.29, 0.717) is 29.6 Å². The van der Waals surface area contributed by atoms with Gasteiger partial charge >= 0.3 is 0 Å². The summed E-state index contributed by atoms with van der Waals surface area (Å²) < 4.78 is 52.6. The maximum absolute atomic E-state index is 13.6. The van der Waals surface area contributed by atoms with Crippen LogP contribution in [-0.2, 0) is 0 Å². The first-order valence-corrected chi connectivity index (χ1v) is 10.8. The van der Waals surface area contributed by atoms with Crippen molar-refractivity contribution in [2.45, 2.75) is 56.3 Å². The van der Waals surface area contributed by atoms with E-state index in [1.54, 1.807) is 12.1 Å². The van der Waals surface area contributed by atoms with Crippen molar-refractivity contribution in [3.8, 4) is 0 Å². The number of hydrogen-bond acceptors (Lipinski definition) is 3. The molecule has 2 saturated carbocycles. The molecule has 0 saturated heterocycles. The summed E-state index contributed by atoms with van der Waals surface area (Å²) in [5, 5.41) is 0.0984. The van der Waals surface area contributed by atoms with Gasteiger partial charge in [0.15, 0.2) is 17.1 Å². The van der Waals surface area contributed by atoms with Gasteiger partial charge in [0.25, 0.3) is 5.91 Å². The van der Waals surface area contributed by atoms with Gasteiger partial charge in [-0.05, 0) is 49.3 Å². The lowest BCUT2D eigenvalue weighted by atomic mass is 9.84. The van der Waals surface area contributed by atoms with Gasteiger partial charge in [-0.3, -0.25) is 14.6 Å². The topological polar surface area (TPSA) is 88.8 Å². The van der Waals surface area contributed by atoms with Crippen molar-refractivity contribution < 1.29 is 22.4 Å². The second kappa shape index (κ2) is 8.96. The molecule has 0 spiro atoms. The van der Waals surface area contributed by atoms with Gasteiger partial charge in [-0.15, -0.1) is 0 Å². The molecule has 1 amide bonds. The van der Waals surface area contributed by atoms with Crippen molar-refractivity contribution in [3.63, 3.8) is 0 Å². The monoisotopic (exact) mass is 461 g/mol. The third-order valence-electron chi connectivity index (χ3n) is 6.08. The smallest absolute Gasteiger partial charge is 0.268 e. The Morgan fingerprint density at radius 2 is 1.88 bits per heavy atom. The van der Waals surface area contributed by atoms with Gasteiger partial charge in [0.1, 0.15) is 5.69 Å². The van der Waals surface area contributed by atoms with E-state index < -0.39 is 34.8 Å². The van der Waals surface area contributed by atoms with Gasteiger partial charge in [0.05, 0.1) is 10.9 Å². The van der Waals surface area contributed by atoms with Crippen molar-refractivity contribution in [2.75, 3.05) is 0 Å². The average Bonchev–Trinajstić information content (AvgIpc) is 3.60. The van der Waals surface area contributed by atoms with Gasteiger partial charge < -0.3 is 10.7 Å². The third kappa shape index (κ3) is 5.07. The first kappa shape index (κ1) is 22.9. The standard InChI is InChI=1S/C15H15F2N3O2.C9H8F2/c16-15(17)4-1-2-8(7-15)10-6-11(21)12-9(20-10)3-5-19-13(12)14(18)22;10-8-3-1-2-7(9(8)11)6-4-5-6/h3,5-6,8H,1-2,4,7H2,(H2,18,22)(H,20,21);1-3,6H,4-5H2/t8-;/m0./s1. The second-order valence-corrected chi connectivity index (χ2v) is 8.60. The fraction of sp³-hybridized carbons (Fsp3) is 0.375. The summed E-state index contributed by atoms with van der Waals surface area (Å²) in [4.78, 5) is 30.4. The summed E-state index contributed by atoms with van der Waals surface area (Å²) in [5.41, 5.74) is 6.08. The molecule has 0 aliphatic heterocycles. The van der Waals surface area contributed by atoms with E-state index in [0.717, 1.165) is 18.9 Å². The fourth-order valence-corrected chi connectivity index (χ4v) is 4.29. The molecule has 0 radical (unpaired) electrons. The van der Waals surface area contributed by atoms with E-state index in [9.17, 15) is 27.2 Å². The van der Waals surface area contributed by atoms with Gasteiger partial charge in [-0.1, -0.05) is 12.1 Å². The molecule has 9 heteroatoms. The normalized spacial score (nSPS) is 19.6. The van der Waals surface area contributed by atoms with Crippen LogP contribution in [0.2, 0.25) is 0 Å². The third-order valence-corrected chi connectivity index (χ3v) is 6.08. The van der Waals surface area contributed by atoms with Gasteiger partial charge in [-0.2, -0.15) is 0 Å². The lowest BCUT2D eigenvalue weighted by molar-refractivity contribution is -0.0412. The molecule has 5 nitrogen and oxygen atoms in total. The Bertz CT molecular complexity index is 1250. The van der Waals surface area contributed by atoms with Crippen LogP contribution in [0.3, 0.4) is 0 Å². The number of alkyl halides is 2. The van der Waals surface area contributed by atoms with Crippen LogP contribution < -0.4 is 11.2 Å².